The van der Waals surface area contributed by atoms with E-state index in [1.54, 1.807) is 29.2 Å². The molecule has 22 heavy (non-hydrogen) atoms. The Labute approximate surface area is 132 Å². The van der Waals surface area contributed by atoms with Crippen LogP contribution in [0.1, 0.15) is 18.9 Å². The highest BCUT2D eigenvalue weighted by atomic mass is 32.2. The molecule has 6 heteroatoms. The molecule has 1 amide bonds. The van der Waals surface area contributed by atoms with Crippen LogP contribution in [0.4, 0.5) is 0 Å². The highest BCUT2D eigenvalue weighted by molar-refractivity contribution is 7.91. The van der Waals surface area contributed by atoms with Gasteiger partial charge in [0.1, 0.15) is 0 Å². The van der Waals surface area contributed by atoms with Crippen LogP contribution in [0.5, 0.6) is 0 Å². The van der Waals surface area contributed by atoms with Gasteiger partial charge in [-0.2, -0.15) is 0 Å². The lowest BCUT2D eigenvalue weighted by atomic mass is 10.1. The number of nitrogens with zero attached hydrogens (tertiary/aromatic N) is 1. The maximum atomic E-state index is 12.4. The van der Waals surface area contributed by atoms with E-state index in [4.69, 9.17) is 0 Å². The molecule has 2 rings (SSSR count). The molecule has 1 atom stereocenters. The molecule has 1 N–H and O–H groups in total. The lowest BCUT2D eigenvalue weighted by Gasteiger charge is -2.23. The first-order valence-electron chi connectivity index (χ1n) is 7.73. The Balaban J connectivity index is 1.99. The summed E-state index contributed by atoms with van der Waals surface area (Å²) in [7, 11) is -3.35. The molecule has 1 aromatic rings. The third-order valence-electron chi connectivity index (χ3n) is 4.11. The molecular formula is C16H24N2O3S. The van der Waals surface area contributed by atoms with Crippen LogP contribution in [-0.2, 0) is 14.6 Å². The predicted octanol–water partition coefficient (Wildman–Crippen LogP) is 1.23. The largest absolute Gasteiger partial charge is 0.342 e. The van der Waals surface area contributed by atoms with Crippen LogP contribution >= 0.6 is 0 Å². The minimum Gasteiger partial charge on any atom is -0.342 e. The predicted molar refractivity (Wildman–Crippen MR) is 86.5 cm³/mol. The monoisotopic (exact) mass is 324 g/mol. The summed E-state index contributed by atoms with van der Waals surface area (Å²) in [5, 5.41) is 3.17. The van der Waals surface area contributed by atoms with E-state index in [1.165, 1.54) is 0 Å². The smallest absolute Gasteiger partial charge is 0.227 e. The normalized spacial score (nSPS) is 18.4. The molecule has 1 aliphatic heterocycles. The van der Waals surface area contributed by atoms with E-state index in [-0.39, 0.29) is 24.1 Å². The Morgan fingerprint density at radius 2 is 2.00 bits per heavy atom. The summed E-state index contributed by atoms with van der Waals surface area (Å²) in [6.07, 6.45) is 0.833. The van der Waals surface area contributed by atoms with Crippen molar-refractivity contribution in [1.82, 2.24) is 10.2 Å². The first-order valence-corrected chi connectivity index (χ1v) is 9.38. The number of rotatable bonds is 6. The van der Waals surface area contributed by atoms with Crippen molar-refractivity contribution in [2.24, 2.45) is 5.92 Å². The first kappa shape index (κ1) is 17.0. The number of hydrogen-bond donors (Lipinski definition) is 1. The fourth-order valence-electron chi connectivity index (χ4n) is 2.64. The number of hydrogen-bond acceptors (Lipinski definition) is 4. The van der Waals surface area contributed by atoms with Gasteiger partial charge in [-0.1, -0.05) is 17.7 Å². The Kier molecular flexibility index (Phi) is 5.58. The molecule has 0 aliphatic carbocycles. The summed E-state index contributed by atoms with van der Waals surface area (Å²) in [5.41, 5.74) is 1.03. The van der Waals surface area contributed by atoms with Gasteiger partial charge in [-0.05, 0) is 38.9 Å². The quantitative estimate of drug-likeness (QED) is 0.854. The van der Waals surface area contributed by atoms with Gasteiger partial charge in [-0.3, -0.25) is 4.79 Å². The van der Waals surface area contributed by atoms with E-state index in [0.717, 1.165) is 18.5 Å². The molecule has 5 nitrogen and oxygen atoms in total. The summed E-state index contributed by atoms with van der Waals surface area (Å²) in [6.45, 7) is 6.15. The molecule has 0 radical (unpaired) electrons. The fourth-order valence-corrected chi connectivity index (χ4v) is 3.89. The van der Waals surface area contributed by atoms with Crippen molar-refractivity contribution in [3.05, 3.63) is 29.8 Å². The first-order chi connectivity index (χ1) is 10.4. The Morgan fingerprint density at radius 3 is 2.55 bits per heavy atom. The zero-order valence-corrected chi connectivity index (χ0v) is 14.0. The van der Waals surface area contributed by atoms with Gasteiger partial charge in [0, 0.05) is 19.6 Å². The second-order valence-electron chi connectivity index (χ2n) is 5.74. The molecule has 1 fully saturated rings. The van der Waals surface area contributed by atoms with Gasteiger partial charge in [0.05, 0.1) is 16.6 Å². The average Bonchev–Trinajstić information content (AvgIpc) is 3.02. The van der Waals surface area contributed by atoms with Crippen LogP contribution in [0.15, 0.2) is 29.2 Å². The van der Waals surface area contributed by atoms with Crippen LogP contribution in [-0.4, -0.2) is 51.2 Å². The number of carbonyl (C=O) groups excluding carboxylic acids is 1. The summed E-state index contributed by atoms with van der Waals surface area (Å²) in [5.74, 6) is 0.0177. The topological polar surface area (TPSA) is 66.5 Å². The van der Waals surface area contributed by atoms with Crippen LogP contribution < -0.4 is 5.32 Å². The zero-order chi connectivity index (χ0) is 16.2. The molecule has 1 aromatic carbocycles. The highest BCUT2D eigenvalue weighted by Gasteiger charge is 2.27. The lowest BCUT2D eigenvalue weighted by Crippen LogP contribution is -2.39. The summed E-state index contributed by atoms with van der Waals surface area (Å²) < 4.78 is 24.7. The SMILES string of the molecule is CCN(CCS(=O)(=O)c1ccc(C)cc1)C(=O)C1CCNC1. The van der Waals surface area contributed by atoms with E-state index in [1.807, 2.05) is 13.8 Å². The number of carbonyl (C=O) groups is 1. The van der Waals surface area contributed by atoms with Crippen molar-refractivity contribution in [1.29, 1.82) is 0 Å². The van der Waals surface area contributed by atoms with E-state index in [2.05, 4.69) is 5.32 Å². The van der Waals surface area contributed by atoms with Crippen molar-refractivity contribution in [2.45, 2.75) is 25.2 Å². The molecular weight excluding hydrogens is 300 g/mol. The minimum absolute atomic E-state index is 0.0120. The second kappa shape index (κ2) is 7.24. The molecule has 0 spiro atoms. The molecule has 0 aromatic heterocycles. The van der Waals surface area contributed by atoms with Gasteiger partial charge in [0.2, 0.25) is 5.91 Å². The fraction of sp³-hybridized carbons (Fsp3) is 0.562. The number of nitrogens with one attached hydrogen (secondary N) is 1. The van der Waals surface area contributed by atoms with Gasteiger partial charge in [-0.25, -0.2) is 8.42 Å². The number of sulfone groups is 1. The maximum absolute atomic E-state index is 12.4. The van der Waals surface area contributed by atoms with Crippen LogP contribution in [0, 0.1) is 12.8 Å². The van der Waals surface area contributed by atoms with Gasteiger partial charge in [0.25, 0.3) is 0 Å². The standard InChI is InChI=1S/C16H24N2O3S/c1-3-18(16(19)14-8-9-17-12-14)10-11-22(20,21)15-6-4-13(2)5-7-15/h4-7,14,17H,3,8-12H2,1-2H3. The minimum atomic E-state index is -3.35. The molecule has 1 heterocycles. The van der Waals surface area contributed by atoms with Crippen LogP contribution in [0.25, 0.3) is 0 Å². The van der Waals surface area contributed by atoms with E-state index >= 15 is 0 Å². The molecule has 1 aliphatic rings. The van der Waals surface area contributed by atoms with Gasteiger partial charge in [-0.15, -0.1) is 0 Å². The van der Waals surface area contributed by atoms with Crippen molar-refractivity contribution >= 4 is 15.7 Å². The summed E-state index contributed by atoms with van der Waals surface area (Å²) in [6, 6.07) is 6.84. The van der Waals surface area contributed by atoms with Crippen molar-refractivity contribution < 1.29 is 13.2 Å². The Hall–Kier alpha value is -1.40. The molecule has 1 saturated heterocycles. The summed E-state index contributed by atoms with van der Waals surface area (Å²) in [4.78, 5) is 14.3. The second-order valence-corrected chi connectivity index (χ2v) is 7.85. The number of benzene rings is 1. The maximum Gasteiger partial charge on any atom is 0.227 e. The average molecular weight is 324 g/mol. The van der Waals surface area contributed by atoms with Crippen molar-refractivity contribution in [2.75, 3.05) is 31.9 Å². The van der Waals surface area contributed by atoms with E-state index in [0.29, 0.717) is 18.0 Å². The van der Waals surface area contributed by atoms with Gasteiger partial charge < -0.3 is 10.2 Å². The van der Waals surface area contributed by atoms with Crippen molar-refractivity contribution in [3.63, 3.8) is 0 Å². The van der Waals surface area contributed by atoms with Gasteiger partial charge >= 0.3 is 0 Å². The molecule has 0 bridgehead atoms. The van der Waals surface area contributed by atoms with Crippen LogP contribution in [0.2, 0.25) is 0 Å². The molecule has 1 unspecified atom stereocenters. The zero-order valence-electron chi connectivity index (χ0n) is 13.2. The molecule has 122 valence electrons. The Bertz CT molecular complexity index is 605. The van der Waals surface area contributed by atoms with Gasteiger partial charge in [0.15, 0.2) is 9.84 Å². The highest BCUT2D eigenvalue weighted by Crippen LogP contribution is 2.15. The van der Waals surface area contributed by atoms with E-state index in [9.17, 15) is 13.2 Å². The van der Waals surface area contributed by atoms with Crippen LogP contribution in [0.3, 0.4) is 0 Å². The number of amides is 1. The number of aryl methyl sites for hydroxylation is 1. The summed E-state index contributed by atoms with van der Waals surface area (Å²) >= 11 is 0. The third kappa shape index (κ3) is 4.08. The molecule has 0 saturated carbocycles. The Morgan fingerprint density at radius 1 is 1.32 bits per heavy atom. The van der Waals surface area contributed by atoms with Crippen molar-refractivity contribution in [3.8, 4) is 0 Å². The third-order valence-corrected chi connectivity index (χ3v) is 5.82. The van der Waals surface area contributed by atoms with E-state index < -0.39 is 9.84 Å². The lowest BCUT2D eigenvalue weighted by molar-refractivity contribution is -0.134.